The van der Waals surface area contributed by atoms with E-state index in [1.54, 1.807) is 23.7 Å². The van der Waals surface area contributed by atoms with Crippen LogP contribution in [0.15, 0.2) is 67.0 Å². The minimum atomic E-state index is -0.977. The van der Waals surface area contributed by atoms with Crippen molar-refractivity contribution in [1.82, 2.24) is 15.0 Å². The van der Waals surface area contributed by atoms with E-state index in [-0.39, 0.29) is 5.69 Å². The normalized spacial score (nSPS) is 11.1. The number of hydrogen-bond donors (Lipinski definition) is 3. The number of fused-ring (bicyclic) bond motifs is 2. The van der Waals surface area contributed by atoms with Crippen LogP contribution in [-0.4, -0.2) is 26.0 Å². The number of carboxylic acids is 1. The Morgan fingerprint density at radius 3 is 2.71 bits per heavy atom. The molecule has 0 atom stereocenters. The molecule has 0 amide bonds. The van der Waals surface area contributed by atoms with Crippen LogP contribution in [0.25, 0.3) is 31.6 Å². The van der Waals surface area contributed by atoms with Crippen molar-refractivity contribution in [3.8, 4) is 10.4 Å². The summed E-state index contributed by atoms with van der Waals surface area (Å²) >= 11 is 1.64. The Kier molecular flexibility index (Phi) is 3.80. The zero-order valence-corrected chi connectivity index (χ0v) is 15.3. The second-order valence-electron chi connectivity index (χ2n) is 6.33. The topological polar surface area (TPSA) is 90.9 Å². The number of aromatic nitrogens is 3. The summed E-state index contributed by atoms with van der Waals surface area (Å²) in [6.07, 6.45) is 1.55. The van der Waals surface area contributed by atoms with E-state index in [0.29, 0.717) is 0 Å². The number of aromatic amines is 1. The Balaban J connectivity index is 1.53. The molecule has 0 radical (unpaired) electrons. The van der Waals surface area contributed by atoms with Crippen molar-refractivity contribution < 1.29 is 9.90 Å². The van der Waals surface area contributed by atoms with Crippen molar-refractivity contribution in [3.63, 3.8) is 0 Å². The quantitative estimate of drug-likeness (QED) is 0.391. The maximum Gasteiger partial charge on any atom is 0.352 e. The van der Waals surface area contributed by atoms with E-state index < -0.39 is 5.97 Å². The van der Waals surface area contributed by atoms with Crippen LogP contribution >= 0.6 is 11.3 Å². The van der Waals surface area contributed by atoms with Crippen LogP contribution in [0.4, 0.5) is 11.5 Å². The number of hydrogen-bond acceptors (Lipinski definition) is 5. The molecule has 3 N–H and O–H groups in total. The Bertz CT molecular complexity index is 1320. The lowest BCUT2D eigenvalue weighted by Gasteiger charge is -2.06. The van der Waals surface area contributed by atoms with Crippen molar-refractivity contribution in [2.45, 2.75) is 0 Å². The van der Waals surface area contributed by atoms with Gasteiger partial charge >= 0.3 is 5.97 Å². The number of nitrogens with one attached hydrogen (secondary N) is 2. The van der Waals surface area contributed by atoms with E-state index in [1.165, 1.54) is 0 Å². The Labute approximate surface area is 163 Å². The van der Waals surface area contributed by atoms with E-state index in [4.69, 9.17) is 5.11 Å². The number of rotatable bonds is 4. The fourth-order valence-electron chi connectivity index (χ4n) is 3.15. The van der Waals surface area contributed by atoms with Gasteiger partial charge in [-0.05, 0) is 35.9 Å². The molecule has 0 saturated carbocycles. The van der Waals surface area contributed by atoms with Gasteiger partial charge in [0.05, 0.1) is 10.2 Å². The average molecular weight is 386 g/mol. The summed E-state index contributed by atoms with van der Waals surface area (Å²) in [4.78, 5) is 24.0. The molecule has 0 fully saturated rings. The summed E-state index contributed by atoms with van der Waals surface area (Å²) in [6.45, 7) is 0. The molecule has 136 valence electrons. The van der Waals surface area contributed by atoms with Gasteiger partial charge in [0.2, 0.25) is 0 Å². The van der Waals surface area contributed by atoms with Gasteiger partial charge < -0.3 is 15.4 Å². The minimum Gasteiger partial charge on any atom is -0.477 e. The molecular weight excluding hydrogens is 372 g/mol. The number of H-pyrrole nitrogens is 1. The third-order valence-corrected chi connectivity index (χ3v) is 5.66. The van der Waals surface area contributed by atoms with Gasteiger partial charge in [-0.3, -0.25) is 0 Å². The summed E-state index contributed by atoms with van der Waals surface area (Å²) < 4.78 is 0.974. The Morgan fingerprint density at radius 2 is 1.89 bits per heavy atom. The van der Waals surface area contributed by atoms with Crippen molar-refractivity contribution in [2.24, 2.45) is 0 Å². The molecular formula is C21H14N4O2S. The smallest absolute Gasteiger partial charge is 0.352 e. The van der Waals surface area contributed by atoms with Crippen LogP contribution in [0.3, 0.4) is 0 Å². The SMILES string of the molecule is O=C(O)c1cc2cc(Nc3ncnc4cc(-c5ccccc5)sc34)ccc2[nH]1. The van der Waals surface area contributed by atoms with Gasteiger partial charge in [-0.25, -0.2) is 14.8 Å². The van der Waals surface area contributed by atoms with Crippen LogP contribution in [-0.2, 0) is 0 Å². The molecule has 6 nitrogen and oxygen atoms in total. The van der Waals surface area contributed by atoms with E-state index in [1.807, 2.05) is 36.4 Å². The summed E-state index contributed by atoms with van der Waals surface area (Å²) in [5.74, 6) is -0.249. The lowest BCUT2D eigenvalue weighted by molar-refractivity contribution is 0.0691. The summed E-state index contributed by atoms with van der Waals surface area (Å²) in [5, 5.41) is 13.3. The first-order chi connectivity index (χ1) is 13.7. The number of aromatic carboxylic acids is 1. The van der Waals surface area contributed by atoms with Gasteiger partial charge in [-0.15, -0.1) is 11.3 Å². The number of thiophene rings is 1. The van der Waals surface area contributed by atoms with Crippen molar-refractivity contribution in [2.75, 3.05) is 5.32 Å². The molecule has 0 bridgehead atoms. The molecule has 0 aliphatic carbocycles. The molecule has 28 heavy (non-hydrogen) atoms. The zero-order chi connectivity index (χ0) is 19.1. The molecule has 0 spiro atoms. The molecule has 0 aliphatic heterocycles. The minimum absolute atomic E-state index is 0.169. The summed E-state index contributed by atoms with van der Waals surface area (Å²) in [7, 11) is 0. The predicted molar refractivity (Wildman–Crippen MR) is 111 cm³/mol. The molecule has 0 unspecified atom stereocenters. The highest BCUT2D eigenvalue weighted by molar-refractivity contribution is 7.22. The molecule has 0 saturated heterocycles. The van der Waals surface area contributed by atoms with Crippen LogP contribution in [0.5, 0.6) is 0 Å². The fraction of sp³-hybridized carbons (Fsp3) is 0. The van der Waals surface area contributed by atoms with Gasteiger partial charge in [-0.2, -0.15) is 0 Å². The maximum absolute atomic E-state index is 11.1. The number of anilines is 2. The molecule has 2 aromatic carbocycles. The van der Waals surface area contributed by atoms with Crippen LogP contribution in [0.2, 0.25) is 0 Å². The van der Waals surface area contributed by atoms with Gasteiger partial charge in [-0.1, -0.05) is 30.3 Å². The molecule has 7 heteroatoms. The van der Waals surface area contributed by atoms with Crippen LogP contribution in [0, 0.1) is 0 Å². The number of carbonyl (C=O) groups is 1. The lowest BCUT2D eigenvalue weighted by Crippen LogP contribution is -1.94. The number of benzene rings is 2. The zero-order valence-electron chi connectivity index (χ0n) is 14.5. The molecule has 0 aliphatic rings. The standard InChI is InChI=1S/C21H14N4O2S/c26-21(27)17-9-13-8-14(6-7-15(13)25-17)24-20-19-16(22-11-23-20)10-18(28-19)12-4-2-1-3-5-12/h1-11,25H,(H,26,27)(H,22,23,24). The highest BCUT2D eigenvalue weighted by Gasteiger charge is 2.12. The highest BCUT2D eigenvalue weighted by Crippen LogP contribution is 2.36. The summed E-state index contributed by atoms with van der Waals surface area (Å²) in [6, 6.07) is 19.5. The van der Waals surface area contributed by atoms with E-state index in [2.05, 4.69) is 38.5 Å². The van der Waals surface area contributed by atoms with E-state index in [0.717, 1.165) is 43.1 Å². The largest absolute Gasteiger partial charge is 0.477 e. The lowest BCUT2D eigenvalue weighted by atomic mass is 10.2. The second kappa shape index (κ2) is 6.47. The first-order valence-corrected chi connectivity index (χ1v) is 9.42. The third kappa shape index (κ3) is 2.87. The van der Waals surface area contributed by atoms with Crippen molar-refractivity contribution >= 4 is 49.9 Å². The van der Waals surface area contributed by atoms with Gasteiger partial charge in [0.25, 0.3) is 0 Å². The van der Waals surface area contributed by atoms with Gasteiger partial charge in [0.1, 0.15) is 12.0 Å². The first-order valence-electron chi connectivity index (χ1n) is 8.60. The third-order valence-electron chi connectivity index (χ3n) is 4.48. The molecule has 5 rings (SSSR count). The van der Waals surface area contributed by atoms with E-state index >= 15 is 0 Å². The van der Waals surface area contributed by atoms with Crippen molar-refractivity contribution in [3.05, 3.63) is 72.7 Å². The van der Waals surface area contributed by atoms with Gasteiger partial charge in [0, 0.05) is 21.5 Å². The first kappa shape index (κ1) is 16.5. The van der Waals surface area contributed by atoms with Crippen LogP contribution < -0.4 is 5.32 Å². The van der Waals surface area contributed by atoms with E-state index in [9.17, 15) is 4.79 Å². The number of nitrogens with zero attached hydrogens (tertiary/aromatic N) is 2. The second-order valence-corrected chi connectivity index (χ2v) is 7.38. The average Bonchev–Trinajstić information content (AvgIpc) is 3.33. The van der Waals surface area contributed by atoms with Gasteiger partial charge in [0.15, 0.2) is 5.82 Å². The molecule has 5 aromatic rings. The Morgan fingerprint density at radius 1 is 1.04 bits per heavy atom. The number of carboxylic acid groups (broad SMARTS) is 1. The Hall–Kier alpha value is -3.71. The predicted octanol–water partition coefficient (Wildman–Crippen LogP) is 5.28. The van der Waals surface area contributed by atoms with Crippen molar-refractivity contribution in [1.29, 1.82) is 0 Å². The summed E-state index contributed by atoms with van der Waals surface area (Å²) in [5.41, 5.74) is 3.81. The monoisotopic (exact) mass is 386 g/mol. The maximum atomic E-state index is 11.1. The highest BCUT2D eigenvalue weighted by atomic mass is 32.1. The van der Waals surface area contributed by atoms with Crippen LogP contribution in [0.1, 0.15) is 10.5 Å². The molecule has 3 aromatic heterocycles. The fourth-order valence-corrected chi connectivity index (χ4v) is 4.21. The molecule has 3 heterocycles.